The van der Waals surface area contributed by atoms with Crippen LogP contribution in [0.15, 0.2) is 18.2 Å². The molecule has 0 aromatic heterocycles. The van der Waals surface area contributed by atoms with E-state index in [0.29, 0.717) is 12.1 Å². The predicted octanol–water partition coefficient (Wildman–Crippen LogP) is 2.31. The maximum absolute atomic E-state index is 5.32. The predicted molar refractivity (Wildman–Crippen MR) is 84.1 cm³/mol. The van der Waals surface area contributed by atoms with E-state index in [9.17, 15) is 0 Å². The Morgan fingerprint density at radius 2 is 1.55 bits per heavy atom. The number of methoxy groups -OCH3 is 2. The van der Waals surface area contributed by atoms with Crippen LogP contribution in [0.5, 0.6) is 11.5 Å². The second-order valence-corrected chi connectivity index (χ2v) is 5.38. The van der Waals surface area contributed by atoms with Crippen LogP contribution < -0.4 is 14.8 Å². The number of hydrogen-bond acceptors (Lipinski definition) is 4. The first-order valence-corrected chi connectivity index (χ1v) is 6.81. The van der Waals surface area contributed by atoms with Gasteiger partial charge in [-0.1, -0.05) is 0 Å². The third kappa shape index (κ3) is 4.54. The van der Waals surface area contributed by atoms with Gasteiger partial charge in [-0.25, -0.2) is 0 Å². The van der Waals surface area contributed by atoms with Gasteiger partial charge in [0, 0.05) is 37.8 Å². The number of ether oxygens (including phenoxy) is 2. The lowest BCUT2D eigenvalue weighted by Crippen LogP contribution is -2.53. The maximum atomic E-state index is 5.32. The van der Waals surface area contributed by atoms with Crippen molar-refractivity contribution in [3.05, 3.63) is 23.8 Å². The monoisotopic (exact) mass is 300 g/mol. The highest BCUT2D eigenvalue weighted by atomic mass is 35.5. The Hall–Kier alpha value is -0.970. The van der Waals surface area contributed by atoms with Gasteiger partial charge in [0.2, 0.25) is 0 Å². The van der Waals surface area contributed by atoms with E-state index in [1.165, 1.54) is 5.56 Å². The summed E-state index contributed by atoms with van der Waals surface area (Å²) in [7, 11) is 3.38. The Bertz CT molecular complexity index is 396. The summed E-state index contributed by atoms with van der Waals surface area (Å²) >= 11 is 0. The molecule has 1 N–H and O–H groups in total. The first-order chi connectivity index (χ1) is 9.10. The van der Waals surface area contributed by atoms with Gasteiger partial charge in [0.05, 0.1) is 14.2 Å². The SMILES string of the molecule is COc1cc(CN2CC(C)NC(C)C2)cc(OC)c1.Cl. The largest absolute Gasteiger partial charge is 0.497 e. The number of benzene rings is 1. The zero-order valence-electron chi connectivity index (χ0n) is 12.7. The fourth-order valence-corrected chi connectivity index (χ4v) is 2.79. The minimum atomic E-state index is 0. The zero-order valence-corrected chi connectivity index (χ0v) is 13.5. The van der Waals surface area contributed by atoms with Crippen molar-refractivity contribution in [2.45, 2.75) is 32.5 Å². The lowest BCUT2D eigenvalue weighted by molar-refractivity contribution is 0.166. The fraction of sp³-hybridized carbons (Fsp3) is 0.600. The number of nitrogens with one attached hydrogen (secondary N) is 1. The molecule has 4 nitrogen and oxygen atoms in total. The second-order valence-electron chi connectivity index (χ2n) is 5.38. The van der Waals surface area contributed by atoms with Gasteiger partial charge in [-0.2, -0.15) is 0 Å². The summed E-state index contributed by atoms with van der Waals surface area (Å²) in [6, 6.07) is 7.15. The summed E-state index contributed by atoms with van der Waals surface area (Å²) in [4.78, 5) is 2.47. The molecule has 0 radical (unpaired) electrons. The van der Waals surface area contributed by atoms with Crippen LogP contribution in [0.3, 0.4) is 0 Å². The average Bonchev–Trinajstić information content (AvgIpc) is 2.37. The Kier molecular flexibility index (Phi) is 6.59. The van der Waals surface area contributed by atoms with Crippen molar-refractivity contribution < 1.29 is 9.47 Å². The molecule has 1 fully saturated rings. The molecule has 0 bridgehead atoms. The van der Waals surface area contributed by atoms with E-state index >= 15 is 0 Å². The van der Waals surface area contributed by atoms with Crippen molar-refractivity contribution in [1.29, 1.82) is 0 Å². The lowest BCUT2D eigenvalue weighted by Gasteiger charge is -2.36. The van der Waals surface area contributed by atoms with E-state index in [-0.39, 0.29) is 12.4 Å². The van der Waals surface area contributed by atoms with Gasteiger partial charge >= 0.3 is 0 Å². The Labute approximate surface area is 127 Å². The fourth-order valence-electron chi connectivity index (χ4n) is 2.79. The molecule has 114 valence electrons. The minimum Gasteiger partial charge on any atom is -0.497 e. The molecule has 1 aromatic carbocycles. The smallest absolute Gasteiger partial charge is 0.122 e. The quantitative estimate of drug-likeness (QED) is 0.925. The molecule has 2 atom stereocenters. The molecule has 0 amide bonds. The van der Waals surface area contributed by atoms with Gasteiger partial charge in [-0.15, -0.1) is 12.4 Å². The van der Waals surface area contributed by atoms with Crippen molar-refractivity contribution in [3.8, 4) is 11.5 Å². The topological polar surface area (TPSA) is 33.7 Å². The summed E-state index contributed by atoms with van der Waals surface area (Å²) in [5.74, 6) is 1.70. The van der Waals surface area contributed by atoms with Gasteiger partial charge in [0.15, 0.2) is 0 Å². The van der Waals surface area contributed by atoms with Gasteiger partial charge in [0.1, 0.15) is 11.5 Å². The van der Waals surface area contributed by atoms with Gasteiger partial charge in [-0.3, -0.25) is 4.90 Å². The molecule has 2 unspecified atom stereocenters. The molecule has 0 aliphatic carbocycles. The van der Waals surface area contributed by atoms with E-state index < -0.39 is 0 Å². The van der Waals surface area contributed by atoms with Gasteiger partial charge in [-0.05, 0) is 31.5 Å². The summed E-state index contributed by atoms with van der Waals surface area (Å²) in [6.07, 6.45) is 0. The maximum Gasteiger partial charge on any atom is 0.122 e. The highest BCUT2D eigenvalue weighted by molar-refractivity contribution is 5.85. The van der Waals surface area contributed by atoms with E-state index in [2.05, 4.69) is 36.2 Å². The molecule has 1 aromatic rings. The standard InChI is InChI=1S/C15H24N2O2.ClH/c1-11-8-17(9-12(2)16-11)10-13-5-14(18-3)7-15(6-13)19-4;/h5-7,11-12,16H,8-10H2,1-4H3;1H. The van der Waals surface area contributed by atoms with Crippen molar-refractivity contribution in [2.24, 2.45) is 0 Å². The summed E-state index contributed by atoms with van der Waals surface area (Å²) in [5.41, 5.74) is 1.23. The van der Waals surface area contributed by atoms with E-state index in [4.69, 9.17) is 9.47 Å². The summed E-state index contributed by atoms with van der Waals surface area (Å²) in [6.45, 7) is 7.54. The summed E-state index contributed by atoms with van der Waals surface area (Å²) in [5, 5.41) is 3.55. The van der Waals surface area contributed by atoms with E-state index in [0.717, 1.165) is 31.1 Å². The highest BCUT2D eigenvalue weighted by Crippen LogP contribution is 2.23. The molecular formula is C15H25ClN2O2. The van der Waals surface area contributed by atoms with Crippen LogP contribution in [-0.2, 0) is 6.54 Å². The number of rotatable bonds is 4. The van der Waals surface area contributed by atoms with E-state index in [1.807, 2.05) is 6.07 Å². The van der Waals surface area contributed by atoms with E-state index in [1.54, 1.807) is 14.2 Å². The molecule has 2 rings (SSSR count). The lowest BCUT2D eigenvalue weighted by atomic mass is 10.1. The third-order valence-electron chi connectivity index (χ3n) is 3.45. The van der Waals surface area contributed by atoms with Crippen LogP contribution in [0.25, 0.3) is 0 Å². The normalized spacial score (nSPS) is 23.0. The van der Waals surface area contributed by atoms with Crippen LogP contribution >= 0.6 is 12.4 Å². The van der Waals surface area contributed by atoms with Crippen LogP contribution in [0.4, 0.5) is 0 Å². The number of halogens is 1. The zero-order chi connectivity index (χ0) is 13.8. The molecular weight excluding hydrogens is 276 g/mol. The third-order valence-corrected chi connectivity index (χ3v) is 3.45. The Morgan fingerprint density at radius 3 is 2.00 bits per heavy atom. The van der Waals surface area contributed by atoms with Crippen molar-refractivity contribution in [3.63, 3.8) is 0 Å². The number of nitrogens with zero attached hydrogens (tertiary/aromatic N) is 1. The molecule has 5 heteroatoms. The van der Waals surface area contributed by atoms with Gasteiger partial charge in [0.25, 0.3) is 0 Å². The summed E-state index contributed by atoms with van der Waals surface area (Å²) < 4.78 is 10.6. The molecule has 0 spiro atoms. The average molecular weight is 301 g/mol. The molecule has 1 aliphatic rings. The van der Waals surface area contributed by atoms with Crippen LogP contribution in [0.2, 0.25) is 0 Å². The Balaban J connectivity index is 0.00000200. The molecule has 1 heterocycles. The second kappa shape index (κ2) is 7.72. The van der Waals surface area contributed by atoms with Crippen LogP contribution in [0, 0.1) is 0 Å². The van der Waals surface area contributed by atoms with Crippen molar-refractivity contribution >= 4 is 12.4 Å². The minimum absolute atomic E-state index is 0. The van der Waals surface area contributed by atoms with Crippen LogP contribution in [-0.4, -0.2) is 44.3 Å². The highest BCUT2D eigenvalue weighted by Gasteiger charge is 2.21. The molecule has 1 aliphatic heterocycles. The number of piperazine rings is 1. The molecule has 1 saturated heterocycles. The van der Waals surface area contributed by atoms with Gasteiger partial charge < -0.3 is 14.8 Å². The van der Waals surface area contributed by atoms with Crippen molar-refractivity contribution in [1.82, 2.24) is 10.2 Å². The first kappa shape index (κ1) is 17.1. The molecule has 20 heavy (non-hydrogen) atoms. The number of hydrogen-bond donors (Lipinski definition) is 1. The Morgan fingerprint density at radius 1 is 1.05 bits per heavy atom. The van der Waals surface area contributed by atoms with Crippen molar-refractivity contribution in [2.75, 3.05) is 27.3 Å². The molecule has 0 saturated carbocycles. The first-order valence-electron chi connectivity index (χ1n) is 6.81. The van der Waals surface area contributed by atoms with Crippen LogP contribution in [0.1, 0.15) is 19.4 Å².